The Hall–Kier alpha value is -3.99. The average Bonchev–Trinajstić information content (AvgIpc) is 2.84. The van der Waals surface area contributed by atoms with E-state index in [-0.39, 0.29) is 12.5 Å². The predicted molar refractivity (Wildman–Crippen MR) is 121 cm³/mol. The minimum atomic E-state index is -0.586. The molecule has 0 saturated heterocycles. The first kappa shape index (κ1) is 20.3. The van der Waals surface area contributed by atoms with E-state index in [9.17, 15) is 9.59 Å². The highest BCUT2D eigenvalue weighted by Crippen LogP contribution is 2.25. The molecule has 1 N–H and O–H groups in total. The molecule has 0 spiro atoms. The molecule has 1 atom stereocenters. The molecule has 3 aromatic carbocycles. The second kappa shape index (κ2) is 9.22. The third-order valence-electron chi connectivity index (χ3n) is 5.18. The number of rotatable bonds is 6. The fraction of sp³-hybridized carbons (Fsp3) is 0.115. The van der Waals surface area contributed by atoms with Gasteiger partial charge >= 0.3 is 5.97 Å². The van der Waals surface area contributed by atoms with Crippen molar-refractivity contribution in [3.8, 4) is 11.3 Å². The lowest BCUT2D eigenvalue weighted by molar-refractivity contribution is -0.142. The van der Waals surface area contributed by atoms with Gasteiger partial charge in [0.15, 0.2) is 0 Å². The van der Waals surface area contributed by atoms with Crippen LogP contribution in [0.3, 0.4) is 0 Å². The lowest BCUT2D eigenvalue weighted by Crippen LogP contribution is -2.32. The first-order valence-corrected chi connectivity index (χ1v) is 10.0. The Balaban J connectivity index is 1.66. The lowest BCUT2D eigenvalue weighted by atomic mass is 9.98. The molecule has 0 bridgehead atoms. The molecular weight excluding hydrogens is 388 g/mol. The maximum Gasteiger partial charge on any atom is 0.314 e. The van der Waals surface area contributed by atoms with Crippen molar-refractivity contribution < 1.29 is 14.3 Å². The van der Waals surface area contributed by atoms with Crippen molar-refractivity contribution in [1.29, 1.82) is 0 Å². The number of para-hydroxylation sites is 1. The molecular formula is C26H22N2O3. The van der Waals surface area contributed by atoms with Crippen LogP contribution in [-0.4, -0.2) is 30.5 Å². The fourth-order valence-electron chi connectivity index (χ4n) is 3.57. The minimum Gasteiger partial charge on any atom is -0.468 e. The standard InChI is InChI=1S/C26H22N2O3/c1-31-26(30)22(18-10-4-2-5-11-18)17-27-25(29)21-16-24(19-12-6-3-7-13-19)28-23-15-9-8-14-20(21)23/h2-16,22H,17H2,1H3,(H,27,29). The summed E-state index contributed by atoms with van der Waals surface area (Å²) in [5.41, 5.74) is 3.69. The van der Waals surface area contributed by atoms with E-state index >= 15 is 0 Å². The molecule has 0 saturated carbocycles. The number of carbonyl (C=O) groups is 2. The van der Waals surface area contributed by atoms with Gasteiger partial charge in [0.05, 0.1) is 29.8 Å². The number of carbonyl (C=O) groups excluding carboxylic acids is 2. The van der Waals surface area contributed by atoms with Crippen molar-refractivity contribution in [1.82, 2.24) is 10.3 Å². The molecule has 1 heterocycles. The largest absolute Gasteiger partial charge is 0.468 e. The maximum absolute atomic E-state index is 13.2. The van der Waals surface area contributed by atoms with Crippen LogP contribution in [0, 0.1) is 0 Å². The summed E-state index contributed by atoms with van der Waals surface area (Å²) in [6.07, 6.45) is 0. The summed E-state index contributed by atoms with van der Waals surface area (Å²) in [7, 11) is 1.35. The summed E-state index contributed by atoms with van der Waals surface area (Å²) in [5, 5.41) is 3.67. The SMILES string of the molecule is COC(=O)C(CNC(=O)c1cc(-c2ccccc2)nc2ccccc12)c1ccccc1. The summed E-state index contributed by atoms with van der Waals surface area (Å²) >= 11 is 0. The molecule has 154 valence electrons. The Morgan fingerprint density at radius 1 is 0.903 bits per heavy atom. The molecule has 1 aromatic heterocycles. The van der Waals surface area contributed by atoms with Crippen LogP contribution in [-0.2, 0) is 9.53 Å². The van der Waals surface area contributed by atoms with Crippen molar-refractivity contribution in [3.63, 3.8) is 0 Å². The second-order valence-electron chi connectivity index (χ2n) is 7.13. The molecule has 4 rings (SSSR count). The first-order chi connectivity index (χ1) is 15.2. The highest BCUT2D eigenvalue weighted by molar-refractivity contribution is 6.07. The van der Waals surface area contributed by atoms with Crippen molar-refractivity contribution in [2.24, 2.45) is 0 Å². The van der Waals surface area contributed by atoms with Gasteiger partial charge in [0.2, 0.25) is 0 Å². The molecule has 0 aliphatic carbocycles. The zero-order valence-electron chi connectivity index (χ0n) is 17.1. The van der Waals surface area contributed by atoms with Gasteiger partial charge in [0, 0.05) is 17.5 Å². The number of benzene rings is 3. The second-order valence-corrected chi connectivity index (χ2v) is 7.13. The Bertz CT molecular complexity index is 1210. The van der Waals surface area contributed by atoms with Gasteiger partial charge in [-0.1, -0.05) is 78.9 Å². The number of hydrogen-bond acceptors (Lipinski definition) is 4. The van der Waals surface area contributed by atoms with E-state index in [1.807, 2.05) is 84.9 Å². The third kappa shape index (κ3) is 4.46. The van der Waals surface area contributed by atoms with Gasteiger partial charge in [-0.3, -0.25) is 9.59 Å². The Kier molecular flexibility index (Phi) is 6.03. The quantitative estimate of drug-likeness (QED) is 0.472. The normalized spacial score (nSPS) is 11.6. The zero-order valence-corrected chi connectivity index (χ0v) is 17.1. The van der Waals surface area contributed by atoms with Gasteiger partial charge in [-0.25, -0.2) is 4.98 Å². The van der Waals surface area contributed by atoms with Gasteiger partial charge in [0.1, 0.15) is 0 Å². The van der Waals surface area contributed by atoms with Crippen molar-refractivity contribution in [3.05, 3.63) is 102 Å². The van der Waals surface area contributed by atoms with Crippen LogP contribution in [0.1, 0.15) is 21.8 Å². The summed E-state index contributed by atoms with van der Waals surface area (Å²) in [6.45, 7) is 0.132. The van der Waals surface area contributed by atoms with E-state index in [0.29, 0.717) is 5.56 Å². The number of pyridine rings is 1. The number of esters is 1. The number of fused-ring (bicyclic) bond motifs is 1. The molecule has 5 heteroatoms. The molecule has 1 unspecified atom stereocenters. The number of amides is 1. The van der Waals surface area contributed by atoms with E-state index in [2.05, 4.69) is 5.32 Å². The monoisotopic (exact) mass is 410 g/mol. The Morgan fingerprint density at radius 3 is 2.26 bits per heavy atom. The molecule has 0 aliphatic rings. The number of ether oxygens (including phenoxy) is 1. The minimum absolute atomic E-state index is 0.132. The van der Waals surface area contributed by atoms with E-state index in [0.717, 1.165) is 27.7 Å². The highest BCUT2D eigenvalue weighted by atomic mass is 16.5. The van der Waals surface area contributed by atoms with Crippen LogP contribution in [0.2, 0.25) is 0 Å². The number of hydrogen-bond donors (Lipinski definition) is 1. The van der Waals surface area contributed by atoms with Crippen molar-refractivity contribution in [2.75, 3.05) is 13.7 Å². The maximum atomic E-state index is 13.2. The van der Waals surface area contributed by atoms with Gasteiger partial charge in [-0.05, 0) is 17.7 Å². The van der Waals surface area contributed by atoms with Crippen LogP contribution < -0.4 is 5.32 Å². The molecule has 1 amide bonds. The predicted octanol–water partition coefficient (Wildman–Crippen LogP) is 4.59. The number of methoxy groups -OCH3 is 1. The van der Waals surface area contributed by atoms with Crippen LogP contribution >= 0.6 is 0 Å². The summed E-state index contributed by atoms with van der Waals surface area (Å²) < 4.78 is 4.95. The molecule has 5 nitrogen and oxygen atoms in total. The van der Waals surface area contributed by atoms with Crippen LogP contribution in [0.15, 0.2) is 91.0 Å². The highest BCUT2D eigenvalue weighted by Gasteiger charge is 2.23. The van der Waals surface area contributed by atoms with Crippen molar-refractivity contribution >= 4 is 22.8 Å². The number of aromatic nitrogens is 1. The van der Waals surface area contributed by atoms with Crippen LogP contribution in [0.25, 0.3) is 22.2 Å². The van der Waals surface area contributed by atoms with Crippen molar-refractivity contribution in [2.45, 2.75) is 5.92 Å². The molecule has 0 aliphatic heterocycles. The summed E-state index contributed by atoms with van der Waals surface area (Å²) in [5.74, 6) is -1.24. The van der Waals surface area contributed by atoms with Gasteiger partial charge in [-0.15, -0.1) is 0 Å². The molecule has 31 heavy (non-hydrogen) atoms. The molecule has 4 aromatic rings. The van der Waals surface area contributed by atoms with E-state index in [1.54, 1.807) is 6.07 Å². The fourth-order valence-corrected chi connectivity index (χ4v) is 3.57. The van der Waals surface area contributed by atoms with E-state index in [4.69, 9.17) is 9.72 Å². The molecule has 0 fully saturated rings. The number of nitrogens with one attached hydrogen (secondary N) is 1. The van der Waals surface area contributed by atoms with Crippen LogP contribution in [0.5, 0.6) is 0 Å². The van der Waals surface area contributed by atoms with Gasteiger partial charge in [0.25, 0.3) is 5.91 Å². The Labute approximate surface area is 180 Å². The topological polar surface area (TPSA) is 68.3 Å². The van der Waals surface area contributed by atoms with Crippen LogP contribution in [0.4, 0.5) is 0 Å². The summed E-state index contributed by atoms with van der Waals surface area (Å²) in [4.78, 5) is 30.2. The molecule has 0 radical (unpaired) electrons. The average molecular weight is 410 g/mol. The number of nitrogens with zero attached hydrogens (tertiary/aromatic N) is 1. The third-order valence-corrected chi connectivity index (χ3v) is 5.18. The smallest absolute Gasteiger partial charge is 0.314 e. The van der Waals surface area contributed by atoms with E-state index in [1.165, 1.54) is 7.11 Å². The summed E-state index contributed by atoms with van der Waals surface area (Å²) in [6, 6.07) is 28.4. The first-order valence-electron chi connectivity index (χ1n) is 10.0. The van der Waals surface area contributed by atoms with E-state index < -0.39 is 11.9 Å². The lowest BCUT2D eigenvalue weighted by Gasteiger charge is -2.16. The Morgan fingerprint density at radius 2 is 1.55 bits per heavy atom. The van der Waals surface area contributed by atoms with Gasteiger partial charge < -0.3 is 10.1 Å². The van der Waals surface area contributed by atoms with Gasteiger partial charge in [-0.2, -0.15) is 0 Å². The zero-order chi connectivity index (χ0) is 21.6.